The van der Waals surface area contributed by atoms with E-state index in [0.717, 1.165) is 41.2 Å². The summed E-state index contributed by atoms with van der Waals surface area (Å²) in [6.07, 6.45) is 6.91. The molecule has 1 saturated heterocycles. The number of hydrogen-bond donors (Lipinski definition) is 1. The predicted octanol–water partition coefficient (Wildman–Crippen LogP) is 1.71. The molecule has 8 nitrogen and oxygen atoms in total. The van der Waals surface area contributed by atoms with E-state index in [1.165, 1.54) is 0 Å². The van der Waals surface area contributed by atoms with Gasteiger partial charge >= 0.3 is 0 Å². The molecule has 0 saturated carbocycles. The standard InChI is InChI=1S/C19H17N7O/c27-17-4-3-16(14-2-1-6-20-8-14)24-26(17)11-13-9-25(10-13)19-15-5-7-21-18(15)22-12-23-19/h1-8,12-13H,9-11H2,(H,21,22,23). The Labute approximate surface area is 154 Å². The van der Waals surface area contributed by atoms with Crippen molar-refractivity contribution in [1.29, 1.82) is 0 Å². The topological polar surface area (TPSA) is 92.6 Å². The van der Waals surface area contributed by atoms with Gasteiger partial charge in [-0.1, -0.05) is 0 Å². The minimum Gasteiger partial charge on any atom is -0.355 e. The van der Waals surface area contributed by atoms with Crippen molar-refractivity contribution in [3.8, 4) is 11.3 Å². The van der Waals surface area contributed by atoms with Crippen LogP contribution in [0.5, 0.6) is 0 Å². The summed E-state index contributed by atoms with van der Waals surface area (Å²) < 4.78 is 1.55. The second kappa shape index (κ2) is 6.31. The average molecular weight is 359 g/mol. The Balaban J connectivity index is 1.33. The van der Waals surface area contributed by atoms with Gasteiger partial charge in [0.05, 0.1) is 17.6 Å². The zero-order valence-electron chi connectivity index (χ0n) is 14.5. The van der Waals surface area contributed by atoms with Crippen LogP contribution < -0.4 is 10.5 Å². The molecule has 4 aromatic heterocycles. The van der Waals surface area contributed by atoms with Crippen LogP contribution in [0, 0.1) is 5.92 Å². The van der Waals surface area contributed by atoms with E-state index in [2.05, 4.69) is 29.9 Å². The number of pyridine rings is 1. The summed E-state index contributed by atoms with van der Waals surface area (Å²) in [7, 11) is 0. The molecule has 0 radical (unpaired) electrons. The van der Waals surface area contributed by atoms with E-state index in [1.807, 2.05) is 24.4 Å². The molecule has 1 aliphatic rings. The van der Waals surface area contributed by atoms with Gasteiger partial charge in [0.2, 0.25) is 0 Å². The minimum absolute atomic E-state index is 0.0869. The zero-order chi connectivity index (χ0) is 18.2. The summed E-state index contributed by atoms with van der Waals surface area (Å²) in [6.45, 7) is 2.26. The Hall–Kier alpha value is -3.55. The largest absolute Gasteiger partial charge is 0.355 e. The Kier molecular flexibility index (Phi) is 3.67. The van der Waals surface area contributed by atoms with Gasteiger partial charge in [0.25, 0.3) is 5.56 Å². The molecule has 0 spiro atoms. The van der Waals surface area contributed by atoms with Crippen molar-refractivity contribution < 1.29 is 0 Å². The number of H-pyrrole nitrogens is 1. The molecule has 1 aliphatic heterocycles. The van der Waals surface area contributed by atoms with E-state index in [0.29, 0.717) is 12.5 Å². The lowest BCUT2D eigenvalue weighted by atomic mass is 10.00. The van der Waals surface area contributed by atoms with Crippen LogP contribution in [-0.4, -0.2) is 42.8 Å². The summed E-state index contributed by atoms with van der Waals surface area (Å²) in [4.78, 5) is 30.3. The predicted molar refractivity (Wildman–Crippen MR) is 101 cm³/mol. The maximum atomic E-state index is 12.2. The van der Waals surface area contributed by atoms with E-state index in [9.17, 15) is 4.79 Å². The van der Waals surface area contributed by atoms with Crippen molar-refractivity contribution in [3.05, 3.63) is 65.6 Å². The molecule has 0 aromatic carbocycles. The lowest BCUT2D eigenvalue weighted by Crippen LogP contribution is -2.50. The summed E-state index contributed by atoms with van der Waals surface area (Å²) in [5.41, 5.74) is 2.41. The van der Waals surface area contributed by atoms with Crippen molar-refractivity contribution >= 4 is 16.9 Å². The van der Waals surface area contributed by atoms with Crippen LogP contribution in [0.2, 0.25) is 0 Å². The Bertz CT molecular complexity index is 1150. The third kappa shape index (κ3) is 2.84. The van der Waals surface area contributed by atoms with Gasteiger partial charge in [0.15, 0.2) is 0 Å². The highest BCUT2D eigenvalue weighted by atomic mass is 16.1. The van der Waals surface area contributed by atoms with Crippen molar-refractivity contribution in [1.82, 2.24) is 29.7 Å². The number of nitrogens with zero attached hydrogens (tertiary/aromatic N) is 6. The first-order chi connectivity index (χ1) is 13.3. The molecule has 5 heterocycles. The number of hydrogen-bond acceptors (Lipinski definition) is 6. The third-order valence-corrected chi connectivity index (χ3v) is 4.84. The molecule has 0 atom stereocenters. The fraction of sp³-hybridized carbons (Fsp3) is 0.211. The lowest BCUT2D eigenvalue weighted by Gasteiger charge is -2.40. The molecule has 1 fully saturated rings. The van der Waals surface area contributed by atoms with Gasteiger partial charge in [-0.05, 0) is 24.3 Å². The first kappa shape index (κ1) is 15.7. The molecule has 8 heteroatoms. The lowest BCUT2D eigenvalue weighted by molar-refractivity contribution is 0.334. The normalized spacial score (nSPS) is 14.4. The van der Waals surface area contributed by atoms with E-state index in [-0.39, 0.29) is 5.56 Å². The first-order valence-electron chi connectivity index (χ1n) is 8.79. The Morgan fingerprint density at radius 3 is 2.93 bits per heavy atom. The Morgan fingerprint density at radius 1 is 1.15 bits per heavy atom. The molecule has 27 heavy (non-hydrogen) atoms. The molecule has 0 aliphatic carbocycles. The summed E-state index contributed by atoms with van der Waals surface area (Å²) in [5, 5.41) is 5.54. The second-order valence-corrected chi connectivity index (χ2v) is 6.69. The smallest absolute Gasteiger partial charge is 0.266 e. The van der Waals surface area contributed by atoms with Crippen LogP contribution >= 0.6 is 0 Å². The highest BCUT2D eigenvalue weighted by Crippen LogP contribution is 2.28. The summed E-state index contributed by atoms with van der Waals surface area (Å²) in [5.74, 6) is 1.28. The molecular formula is C19H17N7O. The maximum Gasteiger partial charge on any atom is 0.266 e. The molecule has 0 bridgehead atoms. The average Bonchev–Trinajstić information content (AvgIpc) is 3.15. The van der Waals surface area contributed by atoms with Crippen LogP contribution in [0.1, 0.15) is 0 Å². The van der Waals surface area contributed by atoms with Gasteiger partial charge in [-0.15, -0.1) is 0 Å². The van der Waals surface area contributed by atoms with E-state index < -0.39 is 0 Å². The van der Waals surface area contributed by atoms with Gasteiger partial charge in [0.1, 0.15) is 17.8 Å². The van der Waals surface area contributed by atoms with E-state index in [4.69, 9.17) is 0 Å². The molecule has 5 rings (SSSR count). The van der Waals surface area contributed by atoms with Crippen LogP contribution in [0.25, 0.3) is 22.3 Å². The van der Waals surface area contributed by atoms with E-state index in [1.54, 1.807) is 35.5 Å². The van der Waals surface area contributed by atoms with Crippen molar-refractivity contribution in [3.63, 3.8) is 0 Å². The van der Waals surface area contributed by atoms with Crippen LogP contribution in [0.4, 0.5) is 5.82 Å². The van der Waals surface area contributed by atoms with Gasteiger partial charge in [-0.25, -0.2) is 14.6 Å². The van der Waals surface area contributed by atoms with Crippen LogP contribution in [0.15, 0.2) is 60.0 Å². The maximum absolute atomic E-state index is 12.2. The molecular weight excluding hydrogens is 342 g/mol. The van der Waals surface area contributed by atoms with Gasteiger partial charge in [-0.3, -0.25) is 9.78 Å². The van der Waals surface area contributed by atoms with Crippen LogP contribution in [-0.2, 0) is 6.54 Å². The zero-order valence-corrected chi connectivity index (χ0v) is 14.5. The summed E-state index contributed by atoms with van der Waals surface area (Å²) in [6, 6.07) is 9.10. The third-order valence-electron chi connectivity index (χ3n) is 4.84. The quantitative estimate of drug-likeness (QED) is 0.596. The fourth-order valence-electron chi connectivity index (χ4n) is 3.46. The van der Waals surface area contributed by atoms with Crippen molar-refractivity contribution in [2.24, 2.45) is 5.92 Å². The van der Waals surface area contributed by atoms with Crippen molar-refractivity contribution in [2.45, 2.75) is 6.54 Å². The second-order valence-electron chi connectivity index (χ2n) is 6.69. The monoisotopic (exact) mass is 359 g/mol. The van der Waals surface area contributed by atoms with Crippen LogP contribution in [0.3, 0.4) is 0 Å². The number of nitrogens with one attached hydrogen (secondary N) is 1. The molecule has 134 valence electrons. The highest BCUT2D eigenvalue weighted by molar-refractivity contribution is 5.87. The number of aromatic amines is 1. The first-order valence-corrected chi connectivity index (χ1v) is 8.79. The van der Waals surface area contributed by atoms with E-state index >= 15 is 0 Å². The van der Waals surface area contributed by atoms with Gasteiger partial charge in [-0.2, -0.15) is 5.10 Å². The Morgan fingerprint density at radius 2 is 2.07 bits per heavy atom. The fourth-order valence-corrected chi connectivity index (χ4v) is 3.46. The summed E-state index contributed by atoms with van der Waals surface area (Å²) >= 11 is 0. The SMILES string of the molecule is O=c1ccc(-c2cccnc2)nn1CC1CN(c2ncnc3[nH]ccc23)C1. The number of anilines is 1. The highest BCUT2D eigenvalue weighted by Gasteiger charge is 2.30. The van der Waals surface area contributed by atoms with Gasteiger partial charge < -0.3 is 9.88 Å². The molecule has 1 N–H and O–H groups in total. The van der Waals surface area contributed by atoms with Crippen molar-refractivity contribution in [2.75, 3.05) is 18.0 Å². The number of rotatable bonds is 4. The molecule has 0 amide bonds. The minimum atomic E-state index is -0.0869. The number of aromatic nitrogens is 6. The molecule has 4 aromatic rings. The number of fused-ring (bicyclic) bond motifs is 1. The molecule has 0 unspecified atom stereocenters. The van der Waals surface area contributed by atoms with Gasteiger partial charge in [0, 0.05) is 49.2 Å².